The number of fused-ring (bicyclic) bond motifs is 1. The third-order valence-corrected chi connectivity index (χ3v) is 2.54. The Morgan fingerprint density at radius 2 is 2.20 bits per heavy atom. The number of furan rings is 1. The first-order valence-electron chi connectivity index (χ1n) is 4.03. The van der Waals surface area contributed by atoms with Crippen LogP contribution in [0.5, 0.6) is 5.75 Å². The van der Waals surface area contributed by atoms with E-state index in [0.717, 1.165) is 0 Å². The van der Waals surface area contributed by atoms with Gasteiger partial charge in [0.25, 0.3) is 0 Å². The monoisotopic (exact) mass is 271 g/mol. The fraction of sp³-hybridized carbons (Fsp3) is 0.111. The molecule has 0 saturated heterocycles. The fourth-order valence-corrected chi connectivity index (χ4v) is 1.81. The minimum absolute atomic E-state index is 0.279. The van der Waals surface area contributed by atoms with Crippen molar-refractivity contribution in [1.82, 2.24) is 0 Å². The van der Waals surface area contributed by atoms with Crippen molar-refractivity contribution in [3.63, 3.8) is 0 Å². The second kappa shape index (κ2) is 3.54. The molecule has 0 aliphatic rings. The summed E-state index contributed by atoms with van der Waals surface area (Å²) in [5, 5.41) is 11.1. The quantitative estimate of drug-likeness (QED) is 0.622. The van der Waals surface area contributed by atoms with Gasteiger partial charge >= 0.3 is 5.88 Å². The average Bonchev–Trinajstić information content (AvgIpc) is 2.61. The zero-order valence-corrected chi connectivity index (χ0v) is 9.28. The first-order chi connectivity index (χ1) is 7.11. The Labute approximate surface area is 92.9 Å². The Kier molecular flexibility index (Phi) is 2.36. The Morgan fingerprint density at radius 1 is 1.47 bits per heavy atom. The van der Waals surface area contributed by atoms with Gasteiger partial charge in [-0.15, -0.1) is 0 Å². The highest BCUT2D eigenvalue weighted by molar-refractivity contribution is 9.10. The molecule has 0 amide bonds. The van der Waals surface area contributed by atoms with Gasteiger partial charge in [-0.2, -0.15) is 0 Å². The van der Waals surface area contributed by atoms with E-state index in [1.54, 1.807) is 12.1 Å². The summed E-state index contributed by atoms with van der Waals surface area (Å²) in [5.41, 5.74) is 0.447. The molecule has 2 rings (SSSR count). The molecule has 0 atom stereocenters. The highest BCUT2D eigenvalue weighted by atomic mass is 79.9. The highest BCUT2D eigenvalue weighted by Gasteiger charge is 2.16. The molecular weight excluding hydrogens is 266 g/mol. The third-order valence-electron chi connectivity index (χ3n) is 1.95. The SMILES string of the molecule is COc1cc(Br)c2oc([N+](=O)[O-])cc2c1. The largest absolute Gasteiger partial charge is 0.497 e. The number of nitrogens with zero attached hydrogens (tertiary/aromatic N) is 1. The molecule has 0 spiro atoms. The first-order valence-corrected chi connectivity index (χ1v) is 4.82. The predicted molar refractivity (Wildman–Crippen MR) is 57.1 cm³/mol. The van der Waals surface area contributed by atoms with Crippen molar-refractivity contribution >= 4 is 32.8 Å². The Balaban J connectivity index is 2.69. The standard InChI is InChI=1S/C9H6BrNO4/c1-14-6-2-5-3-8(11(12)13)15-9(5)7(10)4-6/h2-4H,1H3. The van der Waals surface area contributed by atoms with Crippen LogP contribution >= 0.6 is 15.9 Å². The number of ether oxygens (including phenoxy) is 1. The number of hydrogen-bond donors (Lipinski definition) is 0. The molecule has 5 nitrogen and oxygen atoms in total. The summed E-state index contributed by atoms with van der Waals surface area (Å²) in [4.78, 5) is 9.93. The van der Waals surface area contributed by atoms with Crippen LogP contribution in [0, 0.1) is 10.1 Å². The Hall–Kier alpha value is -1.56. The maximum atomic E-state index is 10.5. The van der Waals surface area contributed by atoms with Gasteiger partial charge in [0, 0.05) is 5.39 Å². The lowest BCUT2D eigenvalue weighted by Crippen LogP contribution is -1.82. The van der Waals surface area contributed by atoms with Crippen LogP contribution in [0.25, 0.3) is 11.0 Å². The number of halogens is 1. The van der Waals surface area contributed by atoms with Crippen LogP contribution < -0.4 is 4.74 Å². The number of hydrogen-bond acceptors (Lipinski definition) is 4. The molecule has 2 aromatic rings. The topological polar surface area (TPSA) is 65.5 Å². The van der Waals surface area contributed by atoms with E-state index in [2.05, 4.69) is 15.9 Å². The Bertz CT molecular complexity index is 534. The molecule has 0 fully saturated rings. The molecule has 15 heavy (non-hydrogen) atoms. The van der Waals surface area contributed by atoms with Crippen LogP contribution in [-0.2, 0) is 0 Å². The van der Waals surface area contributed by atoms with Crippen LogP contribution in [0.4, 0.5) is 5.88 Å². The number of nitro groups is 1. The lowest BCUT2D eigenvalue weighted by atomic mass is 10.2. The smallest absolute Gasteiger partial charge is 0.434 e. The maximum Gasteiger partial charge on any atom is 0.434 e. The third kappa shape index (κ3) is 1.68. The van der Waals surface area contributed by atoms with Crippen LogP contribution in [0.3, 0.4) is 0 Å². The normalized spacial score (nSPS) is 10.5. The van der Waals surface area contributed by atoms with Crippen molar-refractivity contribution in [2.24, 2.45) is 0 Å². The summed E-state index contributed by atoms with van der Waals surface area (Å²) < 4.78 is 10.7. The molecule has 0 saturated carbocycles. The van der Waals surface area contributed by atoms with E-state index < -0.39 is 4.92 Å². The molecule has 6 heteroatoms. The van der Waals surface area contributed by atoms with Crippen LogP contribution in [0.2, 0.25) is 0 Å². The minimum Gasteiger partial charge on any atom is -0.497 e. The zero-order valence-electron chi connectivity index (χ0n) is 7.69. The number of benzene rings is 1. The summed E-state index contributed by atoms with van der Waals surface area (Å²) >= 11 is 3.25. The van der Waals surface area contributed by atoms with E-state index in [0.29, 0.717) is 21.2 Å². The van der Waals surface area contributed by atoms with Gasteiger partial charge in [0.2, 0.25) is 0 Å². The van der Waals surface area contributed by atoms with Crippen molar-refractivity contribution < 1.29 is 14.1 Å². The van der Waals surface area contributed by atoms with Crippen LogP contribution in [0.15, 0.2) is 27.1 Å². The van der Waals surface area contributed by atoms with Gasteiger partial charge in [-0.3, -0.25) is 10.1 Å². The van der Waals surface area contributed by atoms with E-state index in [4.69, 9.17) is 9.15 Å². The van der Waals surface area contributed by atoms with Gasteiger partial charge in [-0.05, 0) is 28.1 Å². The highest BCUT2D eigenvalue weighted by Crippen LogP contribution is 2.34. The predicted octanol–water partition coefficient (Wildman–Crippen LogP) is 3.11. The zero-order chi connectivity index (χ0) is 11.0. The van der Waals surface area contributed by atoms with E-state index in [1.807, 2.05) is 0 Å². The first kappa shape index (κ1) is 9.97. The van der Waals surface area contributed by atoms with Gasteiger partial charge in [0.1, 0.15) is 10.7 Å². The van der Waals surface area contributed by atoms with Crippen molar-refractivity contribution in [3.8, 4) is 5.75 Å². The van der Waals surface area contributed by atoms with Gasteiger partial charge in [0.05, 0.1) is 17.6 Å². The minimum atomic E-state index is -0.571. The summed E-state index contributed by atoms with van der Waals surface area (Å²) in [7, 11) is 1.53. The fourth-order valence-electron chi connectivity index (χ4n) is 1.28. The Morgan fingerprint density at radius 3 is 2.80 bits per heavy atom. The van der Waals surface area contributed by atoms with Crippen molar-refractivity contribution in [2.75, 3.05) is 7.11 Å². The molecule has 0 aliphatic carbocycles. The maximum absolute atomic E-state index is 10.5. The van der Waals surface area contributed by atoms with Gasteiger partial charge in [-0.1, -0.05) is 0 Å². The lowest BCUT2D eigenvalue weighted by Gasteiger charge is -1.99. The molecule has 0 aliphatic heterocycles. The molecule has 0 bridgehead atoms. The van der Waals surface area contributed by atoms with Crippen LogP contribution in [-0.4, -0.2) is 12.0 Å². The lowest BCUT2D eigenvalue weighted by molar-refractivity contribution is -0.401. The van der Waals surface area contributed by atoms with E-state index in [1.165, 1.54) is 13.2 Å². The summed E-state index contributed by atoms with van der Waals surface area (Å²) in [6.45, 7) is 0. The summed E-state index contributed by atoms with van der Waals surface area (Å²) in [6, 6.07) is 4.73. The van der Waals surface area contributed by atoms with Crippen molar-refractivity contribution in [3.05, 3.63) is 32.8 Å². The molecule has 1 aromatic carbocycles. The van der Waals surface area contributed by atoms with Gasteiger partial charge in [-0.25, -0.2) is 0 Å². The average molecular weight is 272 g/mol. The molecule has 0 N–H and O–H groups in total. The summed E-state index contributed by atoms with van der Waals surface area (Å²) in [5.74, 6) is 0.337. The van der Waals surface area contributed by atoms with Gasteiger partial charge < -0.3 is 9.15 Å². The van der Waals surface area contributed by atoms with Crippen molar-refractivity contribution in [1.29, 1.82) is 0 Å². The summed E-state index contributed by atoms with van der Waals surface area (Å²) in [6.07, 6.45) is 0. The number of rotatable bonds is 2. The number of methoxy groups -OCH3 is 1. The van der Waals surface area contributed by atoms with E-state index in [-0.39, 0.29) is 5.88 Å². The van der Waals surface area contributed by atoms with Gasteiger partial charge in [0.15, 0.2) is 5.58 Å². The second-order valence-corrected chi connectivity index (χ2v) is 3.72. The van der Waals surface area contributed by atoms with E-state index >= 15 is 0 Å². The molecule has 1 heterocycles. The molecule has 78 valence electrons. The molecular formula is C9H6BrNO4. The van der Waals surface area contributed by atoms with Crippen LogP contribution in [0.1, 0.15) is 0 Å². The van der Waals surface area contributed by atoms with Crippen molar-refractivity contribution in [2.45, 2.75) is 0 Å². The van der Waals surface area contributed by atoms with E-state index in [9.17, 15) is 10.1 Å². The molecule has 0 radical (unpaired) electrons. The second-order valence-electron chi connectivity index (χ2n) is 2.87. The molecule has 0 unspecified atom stereocenters. The molecule has 1 aromatic heterocycles.